The van der Waals surface area contributed by atoms with Crippen molar-refractivity contribution in [3.05, 3.63) is 47.8 Å². The van der Waals surface area contributed by atoms with Crippen molar-refractivity contribution >= 4 is 12.1 Å². The number of hydrogen-bond donors (Lipinski definition) is 1. The van der Waals surface area contributed by atoms with Crippen molar-refractivity contribution in [2.45, 2.75) is 0 Å². The molecule has 2 rings (SSSR count). The predicted octanol–water partition coefficient (Wildman–Crippen LogP) is 1.87. The SMILES string of the molecule is COc1cc(OC)c(/C=N/NC(=O)c2cccnc2)c(OC)c1. The number of rotatable bonds is 6. The fraction of sp³-hybridized carbons (Fsp3) is 0.188. The van der Waals surface area contributed by atoms with Crippen LogP contribution in [-0.4, -0.2) is 38.4 Å². The molecule has 1 aromatic heterocycles. The van der Waals surface area contributed by atoms with E-state index in [-0.39, 0.29) is 5.91 Å². The first-order valence-electron chi connectivity index (χ1n) is 6.73. The highest BCUT2D eigenvalue weighted by molar-refractivity contribution is 5.95. The summed E-state index contributed by atoms with van der Waals surface area (Å²) in [5.41, 5.74) is 3.43. The standard InChI is InChI=1S/C16H17N3O4/c1-21-12-7-14(22-2)13(15(8-12)23-3)10-18-19-16(20)11-5-4-6-17-9-11/h4-10H,1-3H3,(H,19,20)/b18-10+. The zero-order chi connectivity index (χ0) is 16.7. The van der Waals surface area contributed by atoms with Gasteiger partial charge in [-0.1, -0.05) is 0 Å². The zero-order valence-corrected chi connectivity index (χ0v) is 13.1. The van der Waals surface area contributed by atoms with E-state index in [0.29, 0.717) is 28.4 Å². The molecule has 0 radical (unpaired) electrons. The van der Waals surface area contributed by atoms with Crippen LogP contribution in [0.25, 0.3) is 0 Å². The van der Waals surface area contributed by atoms with E-state index in [2.05, 4.69) is 15.5 Å². The highest BCUT2D eigenvalue weighted by atomic mass is 16.5. The second-order valence-corrected chi connectivity index (χ2v) is 4.39. The van der Waals surface area contributed by atoms with Crippen molar-refractivity contribution in [3.8, 4) is 17.2 Å². The summed E-state index contributed by atoms with van der Waals surface area (Å²) in [4.78, 5) is 15.8. The third-order valence-electron chi connectivity index (χ3n) is 3.04. The number of carbonyl (C=O) groups is 1. The van der Waals surface area contributed by atoms with E-state index in [1.165, 1.54) is 26.6 Å². The molecule has 1 heterocycles. The van der Waals surface area contributed by atoms with Gasteiger partial charge in [-0.25, -0.2) is 5.43 Å². The van der Waals surface area contributed by atoms with Gasteiger partial charge in [-0.3, -0.25) is 9.78 Å². The highest BCUT2D eigenvalue weighted by Crippen LogP contribution is 2.32. The molecule has 0 aliphatic carbocycles. The van der Waals surface area contributed by atoms with Gasteiger partial charge in [-0.05, 0) is 12.1 Å². The van der Waals surface area contributed by atoms with Crippen molar-refractivity contribution in [1.82, 2.24) is 10.4 Å². The summed E-state index contributed by atoms with van der Waals surface area (Å²) in [7, 11) is 4.61. The molecule has 1 aromatic carbocycles. The number of benzene rings is 1. The minimum absolute atomic E-state index is 0.360. The lowest BCUT2D eigenvalue weighted by atomic mass is 10.2. The van der Waals surface area contributed by atoms with Crippen LogP contribution in [0.5, 0.6) is 17.2 Å². The maximum Gasteiger partial charge on any atom is 0.272 e. The number of aromatic nitrogens is 1. The van der Waals surface area contributed by atoms with Crippen molar-refractivity contribution in [2.24, 2.45) is 5.10 Å². The molecular weight excluding hydrogens is 298 g/mol. The fourth-order valence-corrected chi connectivity index (χ4v) is 1.88. The molecule has 0 aliphatic rings. The van der Waals surface area contributed by atoms with Gasteiger partial charge >= 0.3 is 0 Å². The monoisotopic (exact) mass is 315 g/mol. The van der Waals surface area contributed by atoms with Crippen molar-refractivity contribution in [3.63, 3.8) is 0 Å². The molecule has 0 saturated carbocycles. The molecule has 0 unspecified atom stereocenters. The second-order valence-electron chi connectivity index (χ2n) is 4.39. The van der Waals surface area contributed by atoms with Crippen molar-refractivity contribution in [1.29, 1.82) is 0 Å². The molecule has 0 saturated heterocycles. The van der Waals surface area contributed by atoms with Crippen LogP contribution in [0.1, 0.15) is 15.9 Å². The number of nitrogens with one attached hydrogen (secondary N) is 1. The predicted molar refractivity (Wildman–Crippen MR) is 85.4 cm³/mol. The Morgan fingerprint density at radius 3 is 2.39 bits per heavy atom. The number of hydrogen-bond acceptors (Lipinski definition) is 6. The summed E-state index contributed by atoms with van der Waals surface area (Å²) in [5.74, 6) is 1.26. The average Bonchev–Trinajstić information content (AvgIpc) is 2.62. The summed E-state index contributed by atoms with van der Waals surface area (Å²) in [6.45, 7) is 0. The first kappa shape index (κ1) is 16.3. The molecule has 0 spiro atoms. The highest BCUT2D eigenvalue weighted by Gasteiger charge is 2.11. The van der Waals surface area contributed by atoms with Crippen LogP contribution in [0.3, 0.4) is 0 Å². The van der Waals surface area contributed by atoms with Gasteiger partial charge in [0, 0.05) is 24.5 Å². The molecule has 23 heavy (non-hydrogen) atoms. The summed E-state index contributed by atoms with van der Waals surface area (Å²) < 4.78 is 15.8. The molecule has 0 atom stereocenters. The van der Waals surface area contributed by atoms with E-state index in [1.807, 2.05) is 0 Å². The van der Waals surface area contributed by atoms with Crippen LogP contribution in [-0.2, 0) is 0 Å². The van der Waals surface area contributed by atoms with Gasteiger partial charge in [-0.15, -0.1) is 0 Å². The first-order valence-corrected chi connectivity index (χ1v) is 6.73. The Morgan fingerprint density at radius 1 is 1.17 bits per heavy atom. The third kappa shape index (κ3) is 3.97. The number of nitrogens with zero attached hydrogens (tertiary/aromatic N) is 2. The Kier molecular flexibility index (Phi) is 5.51. The lowest BCUT2D eigenvalue weighted by Gasteiger charge is -2.12. The van der Waals surface area contributed by atoms with E-state index in [0.717, 1.165) is 0 Å². The Labute approximate surface area is 133 Å². The molecular formula is C16H17N3O4. The maximum absolute atomic E-state index is 11.9. The summed E-state index contributed by atoms with van der Waals surface area (Å²) in [6.07, 6.45) is 4.50. The zero-order valence-electron chi connectivity index (χ0n) is 13.1. The van der Waals surface area contributed by atoms with E-state index in [4.69, 9.17) is 14.2 Å². The number of methoxy groups -OCH3 is 3. The van der Waals surface area contributed by atoms with E-state index in [9.17, 15) is 4.79 Å². The van der Waals surface area contributed by atoms with E-state index < -0.39 is 0 Å². The van der Waals surface area contributed by atoms with Crippen LogP contribution >= 0.6 is 0 Å². The summed E-state index contributed by atoms with van der Waals surface area (Å²) in [5, 5.41) is 3.94. The number of amides is 1. The Morgan fingerprint density at radius 2 is 1.87 bits per heavy atom. The topological polar surface area (TPSA) is 82.0 Å². The molecule has 0 bridgehead atoms. The number of ether oxygens (including phenoxy) is 3. The Balaban J connectivity index is 2.20. The average molecular weight is 315 g/mol. The van der Waals surface area contributed by atoms with Gasteiger partial charge < -0.3 is 14.2 Å². The smallest absolute Gasteiger partial charge is 0.272 e. The number of carbonyl (C=O) groups excluding carboxylic acids is 1. The van der Waals surface area contributed by atoms with Gasteiger partial charge in [0.2, 0.25) is 0 Å². The molecule has 7 nitrogen and oxygen atoms in total. The fourth-order valence-electron chi connectivity index (χ4n) is 1.88. The molecule has 7 heteroatoms. The van der Waals surface area contributed by atoms with E-state index in [1.54, 1.807) is 37.6 Å². The third-order valence-corrected chi connectivity index (χ3v) is 3.04. The van der Waals surface area contributed by atoms with Gasteiger partial charge in [0.1, 0.15) is 17.2 Å². The van der Waals surface area contributed by atoms with Crippen molar-refractivity contribution < 1.29 is 19.0 Å². The van der Waals surface area contributed by atoms with Crippen molar-refractivity contribution in [2.75, 3.05) is 21.3 Å². The lowest BCUT2D eigenvalue weighted by Crippen LogP contribution is -2.17. The Bertz CT molecular complexity index is 677. The molecule has 0 aliphatic heterocycles. The summed E-state index contributed by atoms with van der Waals surface area (Å²) >= 11 is 0. The molecule has 120 valence electrons. The molecule has 0 fully saturated rings. The van der Waals surface area contributed by atoms with Gasteiger partial charge in [0.25, 0.3) is 5.91 Å². The number of hydrazone groups is 1. The van der Waals surface area contributed by atoms with Crippen LogP contribution in [0.2, 0.25) is 0 Å². The normalized spacial score (nSPS) is 10.4. The largest absolute Gasteiger partial charge is 0.496 e. The minimum atomic E-state index is -0.360. The van der Waals surface area contributed by atoms with E-state index >= 15 is 0 Å². The first-order chi connectivity index (χ1) is 11.2. The second kappa shape index (κ2) is 7.79. The van der Waals surface area contributed by atoms with Gasteiger partial charge in [0.15, 0.2) is 0 Å². The molecule has 2 aromatic rings. The van der Waals surface area contributed by atoms with Crippen LogP contribution in [0.4, 0.5) is 0 Å². The molecule has 1 amide bonds. The van der Waals surface area contributed by atoms with Gasteiger partial charge in [0.05, 0.1) is 38.7 Å². The van der Waals surface area contributed by atoms with Crippen LogP contribution in [0.15, 0.2) is 41.8 Å². The number of pyridine rings is 1. The lowest BCUT2D eigenvalue weighted by molar-refractivity contribution is 0.0954. The van der Waals surface area contributed by atoms with Crippen LogP contribution < -0.4 is 19.6 Å². The Hall–Kier alpha value is -3.09. The minimum Gasteiger partial charge on any atom is -0.496 e. The maximum atomic E-state index is 11.9. The van der Waals surface area contributed by atoms with Crippen LogP contribution in [0, 0.1) is 0 Å². The quantitative estimate of drug-likeness (QED) is 0.650. The van der Waals surface area contributed by atoms with Gasteiger partial charge in [-0.2, -0.15) is 5.10 Å². The molecule has 1 N–H and O–H groups in total. The summed E-state index contributed by atoms with van der Waals surface area (Å²) in [6, 6.07) is 6.72.